The number of ketones is 1. The number of hydrogen-bond donors (Lipinski definition) is 1. The highest BCUT2D eigenvalue weighted by Crippen LogP contribution is 2.25. The number of morpholine rings is 1. The van der Waals surface area contributed by atoms with Crippen molar-refractivity contribution in [1.29, 1.82) is 0 Å². The minimum Gasteiger partial charge on any atom is -0.497 e. The van der Waals surface area contributed by atoms with Crippen LogP contribution in [0.25, 0.3) is 0 Å². The van der Waals surface area contributed by atoms with Gasteiger partial charge in [-0.2, -0.15) is 0 Å². The fourth-order valence-corrected chi connectivity index (χ4v) is 2.12. The fraction of sp³-hybridized carbons (Fsp3) is 0.500. The largest absolute Gasteiger partial charge is 0.497 e. The number of Topliss-reactive ketones (excluding diaryl/α,β-unsaturated/α-hetero) is 1. The van der Waals surface area contributed by atoms with Gasteiger partial charge in [-0.3, -0.25) is 4.79 Å². The van der Waals surface area contributed by atoms with Gasteiger partial charge in [0.1, 0.15) is 11.5 Å². The van der Waals surface area contributed by atoms with Gasteiger partial charge in [0.15, 0.2) is 5.78 Å². The van der Waals surface area contributed by atoms with E-state index in [0.29, 0.717) is 36.7 Å². The first-order valence-corrected chi connectivity index (χ1v) is 6.31. The highest BCUT2D eigenvalue weighted by molar-refractivity contribution is 5.99. The predicted molar refractivity (Wildman–Crippen MR) is 71.1 cm³/mol. The van der Waals surface area contributed by atoms with E-state index in [0.717, 1.165) is 6.54 Å². The number of rotatable bonds is 5. The third-order valence-electron chi connectivity index (χ3n) is 3.14. The summed E-state index contributed by atoms with van der Waals surface area (Å²) < 4.78 is 15.7. The maximum Gasteiger partial charge on any atom is 0.168 e. The van der Waals surface area contributed by atoms with Crippen LogP contribution in [0.3, 0.4) is 0 Å². The number of ether oxygens (including phenoxy) is 3. The monoisotopic (exact) mass is 265 g/mol. The van der Waals surface area contributed by atoms with Crippen molar-refractivity contribution in [3.05, 3.63) is 23.8 Å². The number of benzene rings is 1. The summed E-state index contributed by atoms with van der Waals surface area (Å²) in [5, 5.41) is 3.27. The number of methoxy groups -OCH3 is 2. The molecule has 1 heterocycles. The lowest BCUT2D eigenvalue weighted by Crippen LogP contribution is -2.42. The van der Waals surface area contributed by atoms with Gasteiger partial charge >= 0.3 is 0 Å². The van der Waals surface area contributed by atoms with Crippen LogP contribution in [0.5, 0.6) is 11.5 Å². The Morgan fingerprint density at radius 3 is 2.89 bits per heavy atom. The zero-order valence-electron chi connectivity index (χ0n) is 11.3. The third-order valence-corrected chi connectivity index (χ3v) is 3.14. The number of hydrogen-bond acceptors (Lipinski definition) is 5. The average molecular weight is 265 g/mol. The standard InChI is InChI=1S/C14H19NO4/c1-17-11-3-4-14(18-2)12(8-11)13(16)7-10-9-19-6-5-15-10/h3-4,8,10,15H,5-7,9H2,1-2H3. The van der Waals surface area contributed by atoms with Crippen LogP contribution in [-0.2, 0) is 4.74 Å². The van der Waals surface area contributed by atoms with E-state index in [9.17, 15) is 4.79 Å². The highest BCUT2D eigenvalue weighted by Gasteiger charge is 2.20. The Balaban J connectivity index is 2.12. The molecule has 1 aromatic rings. The smallest absolute Gasteiger partial charge is 0.168 e. The van der Waals surface area contributed by atoms with E-state index >= 15 is 0 Å². The minimum absolute atomic E-state index is 0.0266. The van der Waals surface area contributed by atoms with Gasteiger partial charge < -0.3 is 19.5 Å². The second-order valence-corrected chi connectivity index (χ2v) is 4.42. The van der Waals surface area contributed by atoms with Gasteiger partial charge in [-0.25, -0.2) is 0 Å². The first kappa shape index (κ1) is 13.8. The van der Waals surface area contributed by atoms with Crippen LogP contribution in [0.4, 0.5) is 0 Å². The first-order chi connectivity index (χ1) is 9.24. The van der Waals surface area contributed by atoms with Crippen molar-refractivity contribution in [2.45, 2.75) is 12.5 Å². The molecule has 0 saturated carbocycles. The summed E-state index contributed by atoms with van der Waals surface area (Å²) in [7, 11) is 3.13. The van der Waals surface area contributed by atoms with Crippen molar-refractivity contribution < 1.29 is 19.0 Å². The fourth-order valence-electron chi connectivity index (χ4n) is 2.12. The molecule has 0 radical (unpaired) electrons. The van der Waals surface area contributed by atoms with E-state index < -0.39 is 0 Å². The van der Waals surface area contributed by atoms with Crippen molar-refractivity contribution in [2.75, 3.05) is 34.0 Å². The molecule has 5 nitrogen and oxygen atoms in total. The van der Waals surface area contributed by atoms with E-state index in [-0.39, 0.29) is 11.8 Å². The highest BCUT2D eigenvalue weighted by atomic mass is 16.5. The molecule has 1 aliphatic rings. The maximum atomic E-state index is 12.3. The molecule has 1 saturated heterocycles. The summed E-state index contributed by atoms with van der Waals surface area (Å²) >= 11 is 0. The van der Waals surface area contributed by atoms with Crippen LogP contribution in [0.15, 0.2) is 18.2 Å². The van der Waals surface area contributed by atoms with E-state index in [1.807, 2.05) is 0 Å². The Hall–Kier alpha value is -1.59. The Bertz CT molecular complexity index is 441. The molecule has 104 valence electrons. The Morgan fingerprint density at radius 2 is 2.26 bits per heavy atom. The van der Waals surface area contributed by atoms with Gasteiger partial charge in [-0.05, 0) is 18.2 Å². The Labute approximate surface area is 112 Å². The Kier molecular flexibility index (Phi) is 4.76. The van der Waals surface area contributed by atoms with Crippen LogP contribution in [0.2, 0.25) is 0 Å². The van der Waals surface area contributed by atoms with E-state index in [4.69, 9.17) is 14.2 Å². The van der Waals surface area contributed by atoms with Gasteiger partial charge in [0, 0.05) is 19.0 Å². The van der Waals surface area contributed by atoms with Crippen LogP contribution >= 0.6 is 0 Å². The van der Waals surface area contributed by atoms with Crippen LogP contribution in [0, 0.1) is 0 Å². The minimum atomic E-state index is 0.0266. The first-order valence-electron chi connectivity index (χ1n) is 6.31. The summed E-state index contributed by atoms with van der Waals surface area (Å²) in [4.78, 5) is 12.3. The maximum absolute atomic E-state index is 12.3. The summed E-state index contributed by atoms with van der Waals surface area (Å²) in [5.41, 5.74) is 0.550. The number of carbonyl (C=O) groups excluding carboxylic acids is 1. The SMILES string of the molecule is COc1ccc(OC)c(C(=O)CC2COCCN2)c1. The lowest BCUT2D eigenvalue weighted by molar-refractivity contribution is 0.0675. The topological polar surface area (TPSA) is 56.8 Å². The zero-order valence-corrected chi connectivity index (χ0v) is 11.3. The average Bonchev–Trinajstić information content (AvgIpc) is 2.47. The van der Waals surface area contributed by atoms with Crippen molar-refractivity contribution in [3.63, 3.8) is 0 Å². The van der Waals surface area contributed by atoms with Crippen LogP contribution in [-0.4, -0.2) is 45.8 Å². The van der Waals surface area contributed by atoms with Gasteiger partial charge in [-0.1, -0.05) is 0 Å². The molecule has 2 rings (SSSR count). The van der Waals surface area contributed by atoms with E-state index in [2.05, 4.69) is 5.32 Å². The van der Waals surface area contributed by atoms with Gasteiger partial charge in [0.2, 0.25) is 0 Å². The van der Waals surface area contributed by atoms with Crippen molar-refractivity contribution in [1.82, 2.24) is 5.32 Å². The molecule has 19 heavy (non-hydrogen) atoms. The number of carbonyl (C=O) groups is 1. The summed E-state index contributed by atoms with van der Waals surface area (Å²) in [5.74, 6) is 1.25. The molecule has 5 heteroatoms. The zero-order chi connectivity index (χ0) is 13.7. The van der Waals surface area contributed by atoms with Crippen molar-refractivity contribution >= 4 is 5.78 Å². The molecule has 1 aliphatic heterocycles. The van der Waals surface area contributed by atoms with Crippen molar-refractivity contribution in [2.24, 2.45) is 0 Å². The molecule has 0 bridgehead atoms. The second-order valence-electron chi connectivity index (χ2n) is 4.42. The quantitative estimate of drug-likeness (QED) is 0.812. The van der Waals surface area contributed by atoms with E-state index in [1.165, 1.54) is 0 Å². The molecule has 0 aliphatic carbocycles. The lowest BCUT2D eigenvalue weighted by Gasteiger charge is -2.23. The normalized spacial score (nSPS) is 18.9. The van der Waals surface area contributed by atoms with Crippen molar-refractivity contribution in [3.8, 4) is 11.5 Å². The lowest BCUT2D eigenvalue weighted by atomic mass is 10.0. The molecule has 1 aromatic carbocycles. The molecule has 1 N–H and O–H groups in total. The summed E-state index contributed by atoms with van der Waals surface area (Å²) in [6, 6.07) is 5.30. The summed E-state index contributed by atoms with van der Waals surface area (Å²) in [6.45, 7) is 2.05. The molecule has 1 atom stereocenters. The van der Waals surface area contributed by atoms with Gasteiger partial charge in [-0.15, -0.1) is 0 Å². The Morgan fingerprint density at radius 1 is 1.42 bits per heavy atom. The molecule has 0 amide bonds. The number of nitrogens with one attached hydrogen (secondary N) is 1. The predicted octanol–water partition coefficient (Wildman–Crippen LogP) is 1.26. The third kappa shape index (κ3) is 3.45. The molecular weight excluding hydrogens is 246 g/mol. The van der Waals surface area contributed by atoms with Gasteiger partial charge in [0.25, 0.3) is 0 Å². The molecule has 0 spiro atoms. The van der Waals surface area contributed by atoms with Crippen LogP contribution < -0.4 is 14.8 Å². The van der Waals surface area contributed by atoms with Gasteiger partial charge in [0.05, 0.1) is 33.0 Å². The molecule has 0 aromatic heterocycles. The molecule has 1 fully saturated rings. The molecule has 1 unspecified atom stereocenters. The summed E-state index contributed by atoms with van der Waals surface area (Å²) in [6.07, 6.45) is 0.392. The van der Waals surface area contributed by atoms with Crippen LogP contribution in [0.1, 0.15) is 16.8 Å². The van der Waals surface area contributed by atoms with E-state index in [1.54, 1.807) is 32.4 Å². The molecular formula is C14H19NO4. The second kappa shape index (κ2) is 6.54.